The van der Waals surface area contributed by atoms with Crippen LogP contribution in [-0.4, -0.2) is 29.6 Å². The van der Waals surface area contributed by atoms with Gasteiger partial charge in [-0.25, -0.2) is 9.66 Å². The first kappa shape index (κ1) is 17.8. The number of unbranched alkanes of at least 4 members (excludes halogenated alkanes) is 3. The molecular weight excluding hydrogens is 304 g/mol. The van der Waals surface area contributed by atoms with Crippen molar-refractivity contribution in [1.82, 2.24) is 9.66 Å². The van der Waals surface area contributed by atoms with Crippen molar-refractivity contribution < 1.29 is 9.47 Å². The van der Waals surface area contributed by atoms with Gasteiger partial charge < -0.3 is 15.2 Å². The molecule has 2 rings (SSSR count). The quantitative estimate of drug-likeness (QED) is 0.563. The van der Waals surface area contributed by atoms with Gasteiger partial charge in [0, 0.05) is 0 Å². The second-order valence-corrected chi connectivity index (χ2v) is 5.65. The Hall–Kier alpha value is -2.50. The van der Waals surface area contributed by atoms with E-state index in [1.165, 1.54) is 19.3 Å². The number of aryl methyl sites for hydroxylation is 1. The van der Waals surface area contributed by atoms with Crippen LogP contribution in [0.1, 0.15) is 43.9 Å². The average Bonchev–Trinajstić information content (AvgIpc) is 2.90. The van der Waals surface area contributed by atoms with Gasteiger partial charge in [0.15, 0.2) is 11.5 Å². The third kappa shape index (κ3) is 5.01. The monoisotopic (exact) mass is 330 g/mol. The lowest BCUT2D eigenvalue weighted by Gasteiger charge is -2.11. The number of hydrogen-bond acceptors (Lipinski definition) is 5. The molecule has 0 atom stereocenters. The summed E-state index contributed by atoms with van der Waals surface area (Å²) in [5, 5.41) is 4.31. The summed E-state index contributed by atoms with van der Waals surface area (Å²) in [6.07, 6.45) is 8.20. The molecule has 1 heterocycles. The number of rotatable bonds is 9. The molecule has 2 N–H and O–H groups in total. The van der Waals surface area contributed by atoms with Crippen molar-refractivity contribution in [2.45, 2.75) is 39.5 Å². The normalized spacial score (nSPS) is 11.1. The molecule has 0 aliphatic heterocycles. The van der Waals surface area contributed by atoms with Crippen LogP contribution in [0.4, 0.5) is 5.95 Å². The van der Waals surface area contributed by atoms with E-state index in [1.807, 2.05) is 25.1 Å². The lowest BCUT2D eigenvalue weighted by Crippen LogP contribution is -2.00. The minimum absolute atomic E-state index is 0.364. The topological polar surface area (TPSA) is 74.7 Å². The van der Waals surface area contributed by atoms with E-state index in [4.69, 9.17) is 15.2 Å². The Morgan fingerprint density at radius 2 is 2.08 bits per heavy atom. The Morgan fingerprint density at radius 1 is 1.25 bits per heavy atom. The van der Waals surface area contributed by atoms with Gasteiger partial charge in [-0.15, -0.1) is 0 Å². The fourth-order valence-corrected chi connectivity index (χ4v) is 2.32. The number of ether oxygens (including phenoxy) is 2. The van der Waals surface area contributed by atoms with Gasteiger partial charge in [0.25, 0.3) is 0 Å². The Morgan fingerprint density at radius 3 is 2.75 bits per heavy atom. The molecule has 6 nitrogen and oxygen atoms in total. The van der Waals surface area contributed by atoms with E-state index >= 15 is 0 Å². The molecule has 0 aliphatic rings. The summed E-state index contributed by atoms with van der Waals surface area (Å²) in [4.78, 5) is 4.11. The van der Waals surface area contributed by atoms with Crippen LogP contribution < -0.4 is 15.2 Å². The fourth-order valence-electron chi connectivity index (χ4n) is 2.32. The first-order valence-electron chi connectivity index (χ1n) is 8.30. The number of methoxy groups -OCH3 is 1. The number of imidazole rings is 1. The highest BCUT2D eigenvalue weighted by molar-refractivity contribution is 5.81. The molecule has 0 fully saturated rings. The third-order valence-electron chi connectivity index (χ3n) is 3.61. The van der Waals surface area contributed by atoms with Crippen molar-refractivity contribution in [2.75, 3.05) is 19.5 Å². The van der Waals surface area contributed by atoms with Crippen LogP contribution >= 0.6 is 0 Å². The van der Waals surface area contributed by atoms with Gasteiger partial charge in [-0.05, 0) is 37.1 Å². The molecule has 1 aromatic heterocycles. The first-order valence-corrected chi connectivity index (χ1v) is 8.30. The second-order valence-electron chi connectivity index (χ2n) is 5.65. The molecule has 0 amide bonds. The zero-order valence-corrected chi connectivity index (χ0v) is 14.7. The molecule has 0 bridgehead atoms. The highest BCUT2D eigenvalue weighted by Gasteiger charge is 2.05. The SMILES string of the molecule is CCCCCCOc1ccc(C=Nn2cc(C)nc2N)cc1OC. The van der Waals surface area contributed by atoms with Crippen LogP contribution in [0.15, 0.2) is 29.5 Å². The molecule has 24 heavy (non-hydrogen) atoms. The van der Waals surface area contributed by atoms with Crippen molar-refractivity contribution in [3.05, 3.63) is 35.7 Å². The lowest BCUT2D eigenvalue weighted by atomic mass is 10.2. The van der Waals surface area contributed by atoms with Crippen molar-refractivity contribution in [3.63, 3.8) is 0 Å². The number of nitrogen functional groups attached to an aromatic ring is 1. The second kappa shape index (κ2) is 8.96. The largest absolute Gasteiger partial charge is 0.493 e. The molecule has 0 aliphatic carbocycles. The zero-order valence-electron chi connectivity index (χ0n) is 14.7. The van der Waals surface area contributed by atoms with E-state index in [0.29, 0.717) is 18.3 Å². The summed E-state index contributed by atoms with van der Waals surface area (Å²) in [7, 11) is 1.64. The smallest absolute Gasteiger partial charge is 0.221 e. The number of nitrogens with zero attached hydrogens (tertiary/aromatic N) is 3. The Bertz CT molecular complexity index is 680. The highest BCUT2D eigenvalue weighted by atomic mass is 16.5. The van der Waals surface area contributed by atoms with Crippen molar-refractivity contribution >= 4 is 12.2 Å². The van der Waals surface area contributed by atoms with Gasteiger partial charge in [0.1, 0.15) is 0 Å². The van der Waals surface area contributed by atoms with Gasteiger partial charge in [0.2, 0.25) is 5.95 Å². The van der Waals surface area contributed by atoms with Gasteiger partial charge in [-0.3, -0.25) is 0 Å². The molecule has 130 valence electrons. The van der Waals surface area contributed by atoms with Gasteiger partial charge in [-0.1, -0.05) is 26.2 Å². The molecule has 0 unspecified atom stereocenters. The number of benzene rings is 1. The average molecular weight is 330 g/mol. The van der Waals surface area contributed by atoms with E-state index in [1.54, 1.807) is 24.2 Å². The van der Waals surface area contributed by atoms with E-state index in [9.17, 15) is 0 Å². The van der Waals surface area contributed by atoms with Crippen molar-refractivity contribution in [2.24, 2.45) is 5.10 Å². The summed E-state index contributed by atoms with van der Waals surface area (Å²) in [6.45, 7) is 4.77. The molecule has 2 aromatic rings. The molecule has 0 saturated carbocycles. The van der Waals surface area contributed by atoms with E-state index in [2.05, 4.69) is 17.0 Å². The van der Waals surface area contributed by atoms with Gasteiger partial charge in [-0.2, -0.15) is 5.10 Å². The molecule has 1 aromatic carbocycles. The number of nitrogens with two attached hydrogens (primary N) is 1. The van der Waals surface area contributed by atoms with E-state index < -0.39 is 0 Å². The molecule has 0 spiro atoms. The molecular formula is C18H26N4O2. The van der Waals surface area contributed by atoms with Crippen molar-refractivity contribution in [3.8, 4) is 11.5 Å². The number of hydrogen-bond donors (Lipinski definition) is 1. The molecule has 6 heteroatoms. The van der Waals surface area contributed by atoms with E-state index in [-0.39, 0.29) is 0 Å². The van der Waals surface area contributed by atoms with Crippen molar-refractivity contribution in [1.29, 1.82) is 0 Å². The van der Waals surface area contributed by atoms with Gasteiger partial charge in [0.05, 0.1) is 31.8 Å². The minimum Gasteiger partial charge on any atom is -0.493 e. The van der Waals surface area contributed by atoms with E-state index in [0.717, 1.165) is 23.4 Å². The number of aromatic nitrogens is 2. The number of anilines is 1. The van der Waals surface area contributed by atoms with Crippen LogP contribution in [0.3, 0.4) is 0 Å². The fraction of sp³-hybridized carbons (Fsp3) is 0.444. The maximum atomic E-state index is 5.81. The maximum Gasteiger partial charge on any atom is 0.221 e. The highest BCUT2D eigenvalue weighted by Crippen LogP contribution is 2.27. The lowest BCUT2D eigenvalue weighted by molar-refractivity contribution is 0.285. The van der Waals surface area contributed by atoms with Crippen LogP contribution in [0.25, 0.3) is 0 Å². The van der Waals surface area contributed by atoms with Crippen LogP contribution in [-0.2, 0) is 0 Å². The summed E-state index contributed by atoms with van der Waals surface area (Å²) in [5.41, 5.74) is 7.50. The van der Waals surface area contributed by atoms with Crippen LogP contribution in [0.2, 0.25) is 0 Å². The van der Waals surface area contributed by atoms with Gasteiger partial charge >= 0.3 is 0 Å². The Balaban J connectivity index is 2.01. The summed E-state index contributed by atoms with van der Waals surface area (Å²) >= 11 is 0. The standard InChI is InChI=1S/C18H26N4O2/c1-4-5-6-7-10-24-16-9-8-15(11-17(16)23-3)12-20-22-13-14(2)21-18(22)19/h8-9,11-13H,4-7,10H2,1-3H3,(H2,19,21). The third-order valence-corrected chi connectivity index (χ3v) is 3.61. The minimum atomic E-state index is 0.364. The molecule has 0 saturated heterocycles. The zero-order chi connectivity index (χ0) is 17.4. The van der Waals surface area contributed by atoms with Crippen LogP contribution in [0.5, 0.6) is 11.5 Å². The Labute approximate surface area is 143 Å². The van der Waals surface area contributed by atoms with Crippen LogP contribution in [0, 0.1) is 6.92 Å². The predicted octanol–water partition coefficient (Wildman–Crippen LogP) is 3.62. The summed E-state index contributed by atoms with van der Waals surface area (Å²) < 4.78 is 12.8. The predicted molar refractivity (Wildman–Crippen MR) is 97.0 cm³/mol. The maximum absolute atomic E-state index is 5.81. The summed E-state index contributed by atoms with van der Waals surface area (Å²) in [6, 6.07) is 5.74. The molecule has 0 radical (unpaired) electrons. The summed E-state index contributed by atoms with van der Waals surface area (Å²) in [5.74, 6) is 1.82. The first-order chi connectivity index (χ1) is 11.6. The Kier molecular flexibility index (Phi) is 6.66.